The fourth-order valence-corrected chi connectivity index (χ4v) is 4.36. The number of thiazole rings is 1. The van der Waals surface area contributed by atoms with E-state index in [2.05, 4.69) is 43.4 Å². The van der Waals surface area contributed by atoms with Gasteiger partial charge >= 0.3 is 0 Å². The molecule has 1 heterocycles. The number of fused-ring (bicyclic) bond motifs is 1. The summed E-state index contributed by atoms with van der Waals surface area (Å²) in [4.78, 5) is 6.38. The predicted molar refractivity (Wildman–Crippen MR) is 85.6 cm³/mol. The van der Waals surface area contributed by atoms with Gasteiger partial charge in [-0.1, -0.05) is 38.1 Å². The summed E-state index contributed by atoms with van der Waals surface area (Å²) in [6.07, 6.45) is 2.31. The molecule has 0 bridgehead atoms. The zero-order valence-corrected chi connectivity index (χ0v) is 13.3. The first kappa shape index (κ1) is 13.8. The van der Waals surface area contributed by atoms with Gasteiger partial charge < -0.3 is 5.32 Å². The molecular weight excluding hydrogens is 264 g/mol. The standard InChI is InChI=1S/C17H22N2S/c1-11(2)16-15(10-18-3)20-17(19-16)14-8-12-6-4-5-7-13(12)9-14/h4-7,11,14,18H,8-10H2,1-3H3. The Labute approximate surface area is 125 Å². The van der Waals surface area contributed by atoms with E-state index in [1.54, 1.807) is 0 Å². The van der Waals surface area contributed by atoms with Crippen molar-refractivity contribution >= 4 is 11.3 Å². The van der Waals surface area contributed by atoms with Crippen LogP contribution in [0.1, 0.15) is 52.4 Å². The normalized spacial score (nSPS) is 15.0. The third kappa shape index (κ3) is 2.52. The molecule has 1 aromatic heterocycles. The molecule has 106 valence electrons. The van der Waals surface area contributed by atoms with Gasteiger partial charge in [0, 0.05) is 17.3 Å². The molecule has 1 aliphatic carbocycles. The summed E-state index contributed by atoms with van der Waals surface area (Å²) >= 11 is 1.91. The molecule has 3 rings (SSSR count). The lowest BCUT2D eigenvalue weighted by Gasteiger charge is -2.04. The third-order valence-corrected chi connectivity index (χ3v) is 5.26. The van der Waals surface area contributed by atoms with Crippen LogP contribution in [0.3, 0.4) is 0 Å². The molecule has 0 fully saturated rings. The molecule has 0 aliphatic heterocycles. The van der Waals surface area contributed by atoms with Gasteiger partial charge in [-0.05, 0) is 36.9 Å². The number of hydrogen-bond donors (Lipinski definition) is 1. The van der Waals surface area contributed by atoms with E-state index in [0.717, 1.165) is 19.4 Å². The monoisotopic (exact) mass is 286 g/mol. The van der Waals surface area contributed by atoms with Crippen molar-refractivity contribution < 1.29 is 0 Å². The van der Waals surface area contributed by atoms with E-state index in [0.29, 0.717) is 11.8 Å². The third-order valence-electron chi connectivity index (χ3n) is 4.03. The second-order valence-corrected chi connectivity index (χ2v) is 7.03. The molecule has 1 N–H and O–H groups in total. The van der Waals surface area contributed by atoms with E-state index < -0.39 is 0 Å². The Balaban J connectivity index is 1.87. The van der Waals surface area contributed by atoms with Gasteiger partial charge in [0.25, 0.3) is 0 Å². The molecule has 3 heteroatoms. The minimum absolute atomic E-state index is 0.507. The molecule has 0 saturated heterocycles. The van der Waals surface area contributed by atoms with Crippen LogP contribution in [0.15, 0.2) is 24.3 Å². The highest BCUT2D eigenvalue weighted by Gasteiger charge is 2.26. The lowest BCUT2D eigenvalue weighted by atomic mass is 10.1. The quantitative estimate of drug-likeness (QED) is 0.923. The molecule has 0 saturated carbocycles. The zero-order chi connectivity index (χ0) is 14.1. The topological polar surface area (TPSA) is 24.9 Å². The van der Waals surface area contributed by atoms with Crippen LogP contribution < -0.4 is 5.32 Å². The van der Waals surface area contributed by atoms with Crippen molar-refractivity contribution in [1.82, 2.24) is 10.3 Å². The zero-order valence-electron chi connectivity index (χ0n) is 12.4. The van der Waals surface area contributed by atoms with Crippen LogP contribution in [0.2, 0.25) is 0 Å². The molecule has 0 unspecified atom stereocenters. The van der Waals surface area contributed by atoms with Crippen LogP contribution >= 0.6 is 11.3 Å². The second-order valence-electron chi connectivity index (χ2n) is 5.92. The Kier molecular flexibility index (Phi) is 3.90. The highest BCUT2D eigenvalue weighted by Crippen LogP contribution is 2.37. The van der Waals surface area contributed by atoms with Gasteiger partial charge in [-0.15, -0.1) is 11.3 Å². The average Bonchev–Trinajstić information content (AvgIpc) is 3.02. The van der Waals surface area contributed by atoms with Gasteiger partial charge in [-0.25, -0.2) is 4.98 Å². The Morgan fingerprint density at radius 1 is 1.25 bits per heavy atom. The summed E-state index contributed by atoms with van der Waals surface area (Å²) < 4.78 is 0. The molecule has 0 atom stereocenters. The Bertz CT molecular complexity index is 576. The Morgan fingerprint density at radius 2 is 1.90 bits per heavy atom. The van der Waals surface area contributed by atoms with Crippen LogP contribution in [-0.4, -0.2) is 12.0 Å². The molecular formula is C17H22N2S. The van der Waals surface area contributed by atoms with Gasteiger partial charge in [0.15, 0.2) is 0 Å². The highest BCUT2D eigenvalue weighted by molar-refractivity contribution is 7.11. The first-order valence-electron chi connectivity index (χ1n) is 7.40. The van der Waals surface area contributed by atoms with E-state index in [4.69, 9.17) is 4.98 Å². The number of benzene rings is 1. The number of nitrogens with one attached hydrogen (secondary N) is 1. The second kappa shape index (κ2) is 5.66. The summed E-state index contributed by atoms with van der Waals surface area (Å²) in [7, 11) is 2.01. The first-order valence-corrected chi connectivity index (χ1v) is 8.21. The summed E-state index contributed by atoms with van der Waals surface area (Å²) in [6, 6.07) is 8.83. The minimum Gasteiger partial charge on any atom is -0.315 e. The van der Waals surface area contributed by atoms with Gasteiger partial charge in [0.1, 0.15) is 0 Å². The van der Waals surface area contributed by atoms with E-state index in [1.165, 1.54) is 26.7 Å². The summed E-state index contributed by atoms with van der Waals surface area (Å²) in [6.45, 7) is 5.41. The molecule has 1 aliphatic rings. The van der Waals surface area contributed by atoms with Crippen LogP contribution in [0.4, 0.5) is 0 Å². The Morgan fingerprint density at radius 3 is 2.45 bits per heavy atom. The SMILES string of the molecule is CNCc1sc(C2Cc3ccccc3C2)nc1C(C)C. The maximum Gasteiger partial charge on any atom is 0.0969 e. The molecule has 0 amide bonds. The van der Waals surface area contributed by atoms with Gasteiger partial charge in [0.2, 0.25) is 0 Å². The maximum atomic E-state index is 4.97. The maximum absolute atomic E-state index is 4.97. The summed E-state index contributed by atoms with van der Waals surface area (Å²) in [5.74, 6) is 1.09. The van der Waals surface area contributed by atoms with Crippen LogP contribution in [0, 0.1) is 0 Å². The molecule has 1 aromatic carbocycles. The van der Waals surface area contributed by atoms with E-state index in [-0.39, 0.29) is 0 Å². The number of aromatic nitrogens is 1. The fourth-order valence-electron chi connectivity index (χ4n) is 3.03. The van der Waals surface area contributed by atoms with Crippen molar-refractivity contribution in [2.24, 2.45) is 0 Å². The van der Waals surface area contributed by atoms with Gasteiger partial charge in [-0.2, -0.15) is 0 Å². The molecule has 0 radical (unpaired) electrons. The lowest BCUT2D eigenvalue weighted by molar-refractivity contribution is 0.714. The summed E-state index contributed by atoms with van der Waals surface area (Å²) in [5, 5.41) is 4.60. The number of rotatable bonds is 4. The van der Waals surface area contributed by atoms with Crippen molar-refractivity contribution in [1.29, 1.82) is 0 Å². The fraction of sp³-hybridized carbons (Fsp3) is 0.471. The van der Waals surface area contributed by atoms with Crippen LogP contribution in [0.25, 0.3) is 0 Å². The Hall–Kier alpha value is -1.19. The minimum atomic E-state index is 0.507. The molecule has 2 aromatic rings. The van der Waals surface area contributed by atoms with Crippen molar-refractivity contribution in [2.75, 3.05) is 7.05 Å². The summed E-state index contributed by atoms with van der Waals surface area (Å²) in [5.41, 5.74) is 4.30. The van der Waals surface area contributed by atoms with Gasteiger partial charge in [0.05, 0.1) is 10.7 Å². The van der Waals surface area contributed by atoms with Crippen LogP contribution in [-0.2, 0) is 19.4 Å². The van der Waals surface area contributed by atoms with Crippen LogP contribution in [0.5, 0.6) is 0 Å². The largest absolute Gasteiger partial charge is 0.315 e. The van der Waals surface area contributed by atoms with Crippen molar-refractivity contribution in [3.8, 4) is 0 Å². The van der Waals surface area contributed by atoms with Gasteiger partial charge in [-0.3, -0.25) is 0 Å². The number of hydrogen-bond acceptors (Lipinski definition) is 3. The highest BCUT2D eigenvalue weighted by atomic mass is 32.1. The van der Waals surface area contributed by atoms with Crippen molar-refractivity contribution in [3.63, 3.8) is 0 Å². The van der Waals surface area contributed by atoms with E-state index in [1.807, 2.05) is 18.4 Å². The van der Waals surface area contributed by atoms with Crippen molar-refractivity contribution in [3.05, 3.63) is 51.0 Å². The average molecular weight is 286 g/mol. The molecule has 0 spiro atoms. The van der Waals surface area contributed by atoms with E-state index in [9.17, 15) is 0 Å². The lowest BCUT2D eigenvalue weighted by Crippen LogP contribution is -2.06. The molecule has 20 heavy (non-hydrogen) atoms. The smallest absolute Gasteiger partial charge is 0.0969 e. The van der Waals surface area contributed by atoms with Crippen molar-refractivity contribution in [2.45, 2.75) is 45.1 Å². The first-order chi connectivity index (χ1) is 9.69. The predicted octanol–water partition coefficient (Wildman–Crippen LogP) is 3.87. The molecule has 2 nitrogen and oxygen atoms in total. The van der Waals surface area contributed by atoms with E-state index >= 15 is 0 Å². The number of nitrogens with zero attached hydrogens (tertiary/aromatic N) is 1.